The third-order valence-electron chi connectivity index (χ3n) is 5.81. The Balaban J connectivity index is 1.55. The lowest BCUT2D eigenvalue weighted by Gasteiger charge is -2.27. The number of imide groups is 1. The van der Waals surface area contributed by atoms with Crippen LogP contribution >= 0.6 is 0 Å². The first-order chi connectivity index (χ1) is 16.1. The molecule has 2 aromatic rings. The van der Waals surface area contributed by atoms with Gasteiger partial charge in [-0.1, -0.05) is 12.5 Å². The number of nitro benzene ring substituents is 1. The molecule has 0 aliphatic carbocycles. The van der Waals surface area contributed by atoms with E-state index in [1.54, 1.807) is 13.0 Å². The number of nitrogens with zero attached hydrogens (tertiary/aromatic N) is 3. The molecule has 34 heavy (non-hydrogen) atoms. The Kier molecular flexibility index (Phi) is 6.19. The molecule has 0 aromatic heterocycles. The van der Waals surface area contributed by atoms with Crippen LogP contribution in [0.2, 0.25) is 0 Å². The monoisotopic (exact) mass is 486 g/mol. The number of carbonyl (C=O) groups is 3. The molecule has 2 heterocycles. The number of sulfonamides is 1. The molecule has 0 radical (unpaired) electrons. The van der Waals surface area contributed by atoms with Gasteiger partial charge in [0.2, 0.25) is 15.9 Å². The number of non-ortho nitro benzene ring substituents is 1. The maximum Gasteiger partial charge on any atom is 0.270 e. The van der Waals surface area contributed by atoms with Gasteiger partial charge in [-0.05, 0) is 43.5 Å². The quantitative estimate of drug-likeness (QED) is 0.374. The van der Waals surface area contributed by atoms with Gasteiger partial charge < -0.3 is 5.32 Å². The first-order valence-corrected chi connectivity index (χ1v) is 12.1. The summed E-state index contributed by atoms with van der Waals surface area (Å²) in [5.74, 6) is -2.36. The summed E-state index contributed by atoms with van der Waals surface area (Å²) in [6.07, 6.45) is 2.46. The van der Waals surface area contributed by atoms with E-state index >= 15 is 0 Å². The second-order valence-electron chi connectivity index (χ2n) is 8.20. The van der Waals surface area contributed by atoms with Crippen molar-refractivity contribution in [2.45, 2.75) is 31.1 Å². The van der Waals surface area contributed by atoms with Gasteiger partial charge >= 0.3 is 0 Å². The summed E-state index contributed by atoms with van der Waals surface area (Å²) in [5, 5.41) is 13.5. The van der Waals surface area contributed by atoms with Crippen LogP contribution in [0.3, 0.4) is 0 Å². The maximum atomic E-state index is 13.2. The average molecular weight is 487 g/mol. The second-order valence-corrected chi connectivity index (χ2v) is 10.1. The molecule has 1 saturated heterocycles. The van der Waals surface area contributed by atoms with E-state index in [4.69, 9.17) is 0 Å². The van der Waals surface area contributed by atoms with Crippen molar-refractivity contribution in [3.8, 4) is 0 Å². The second kappa shape index (κ2) is 8.95. The molecule has 2 aliphatic rings. The van der Waals surface area contributed by atoms with Gasteiger partial charge in [0, 0.05) is 25.2 Å². The number of piperidine rings is 1. The number of hydrogen-bond acceptors (Lipinski definition) is 7. The molecule has 4 rings (SSSR count). The van der Waals surface area contributed by atoms with Crippen molar-refractivity contribution < 1.29 is 27.7 Å². The van der Waals surface area contributed by atoms with Crippen LogP contribution in [0.15, 0.2) is 41.3 Å². The fraction of sp³-hybridized carbons (Fsp3) is 0.318. The minimum absolute atomic E-state index is 0.0351. The van der Waals surface area contributed by atoms with Crippen molar-refractivity contribution >= 4 is 39.1 Å². The standard InChI is InChI=1S/C22H22N4O7S/c1-14-5-8-18(19(11-14)34(32,33)24-9-3-2-4-10-24)23-20(27)13-25-21(28)16-7-6-15(26(30)31)12-17(16)22(25)29/h5-8,11-12H,2-4,9-10,13H2,1H3,(H,23,27). The molecule has 0 atom stereocenters. The predicted molar refractivity (Wildman–Crippen MR) is 121 cm³/mol. The predicted octanol–water partition coefficient (Wildman–Crippen LogP) is 2.31. The van der Waals surface area contributed by atoms with Crippen molar-refractivity contribution in [1.29, 1.82) is 0 Å². The van der Waals surface area contributed by atoms with Crippen LogP contribution in [0.25, 0.3) is 0 Å². The van der Waals surface area contributed by atoms with Crippen molar-refractivity contribution in [3.05, 3.63) is 63.2 Å². The number of rotatable bonds is 6. The average Bonchev–Trinajstić information content (AvgIpc) is 3.05. The number of carbonyl (C=O) groups excluding carboxylic acids is 3. The van der Waals surface area contributed by atoms with Crippen LogP contribution < -0.4 is 5.32 Å². The van der Waals surface area contributed by atoms with E-state index in [9.17, 15) is 32.9 Å². The van der Waals surface area contributed by atoms with E-state index in [2.05, 4.69) is 5.32 Å². The van der Waals surface area contributed by atoms with E-state index in [0.29, 0.717) is 23.6 Å². The lowest BCUT2D eigenvalue weighted by Crippen LogP contribution is -2.38. The van der Waals surface area contributed by atoms with Crippen molar-refractivity contribution in [2.24, 2.45) is 0 Å². The Morgan fingerprint density at radius 3 is 2.38 bits per heavy atom. The van der Waals surface area contributed by atoms with Crippen LogP contribution in [-0.2, 0) is 14.8 Å². The van der Waals surface area contributed by atoms with Gasteiger partial charge in [0.1, 0.15) is 11.4 Å². The molecule has 3 amide bonds. The summed E-state index contributed by atoms with van der Waals surface area (Å²) in [4.78, 5) is 48.9. The Bertz CT molecular complexity index is 1320. The molecule has 0 saturated carbocycles. The molecule has 2 aliphatic heterocycles. The summed E-state index contributed by atoms with van der Waals surface area (Å²) in [6, 6.07) is 7.87. The van der Waals surface area contributed by atoms with E-state index in [-0.39, 0.29) is 27.4 Å². The fourth-order valence-electron chi connectivity index (χ4n) is 4.06. The zero-order chi connectivity index (χ0) is 24.6. The van der Waals surface area contributed by atoms with Gasteiger partial charge in [-0.15, -0.1) is 0 Å². The van der Waals surface area contributed by atoms with Gasteiger partial charge in [-0.25, -0.2) is 8.42 Å². The highest BCUT2D eigenvalue weighted by molar-refractivity contribution is 7.89. The van der Waals surface area contributed by atoms with Crippen LogP contribution in [0.5, 0.6) is 0 Å². The lowest BCUT2D eigenvalue weighted by molar-refractivity contribution is -0.384. The number of hydrogen-bond donors (Lipinski definition) is 1. The van der Waals surface area contributed by atoms with Crippen LogP contribution in [0, 0.1) is 17.0 Å². The minimum atomic E-state index is -3.86. The Morgan fingerprint density at radius 2 is 1.71 bits per heavy atom. The summed E-state index contributed by atoms with van der Waals surface area (Å²) in [6.45, 7) is 1.85. The molecule has 1 N–H and O–H groups in total. The number of nitrogens with one attached hydrogen (secondary N) is 1. The minimum Gasteiger partial charge on any atom is -0.323 e. The Morgan fingerprint density at radius 1 is 1.03 bits per heavy atom. The largest absolute Gasteiger partial charge is 0.323 e. The van der Waals surface area contributed by atoms with E-state index in [0.717, 1.165) is 31.4 Å². The van der Waals surface area contributed by atoms with Crippen molar-refractivity contribution in [2.75, 3.05) is 25.0 Å². The highest BCUT2D eigenvalue weighted by Crippen LogP contribution is 2.29. The number of anilines is 1. The molecule has 12 heteroatoms. The summed E-state index contributed by atoms with van der Waals surface area (Å²) in [5.41, 5.74) is 0.199. The Labute approximate surface area is 195 Å². The van der Waals surface area contributed by atoms with E-state index < -0.39 is 39.2 Å². The molecule has 0 unspecified atom stereocenters. The van der Waals surface area contributed by atoms with Crippen molar-refractivity contribution in [1.82, 2.24) is 9.21 Å². The topological polar surface area (TPSA) is 147 Å². The van der Waals surface area contributed by atoms with Gasteiger partial charge in [-0.2, -0.15) is 4.31 Å². The molecule has 11 nitrogen and oxygen atoms in total. The highest BCUT2D eigenvalue weighted by Gasteiger charge is 2.38. The third-order valence-corrected chi connectivity index (χ3v) is 7.75. The lowest BCUT2D eigenvalue weighted by atomic mass is 10.1. The van der Waals surface area contributed by atoms with E-state index in [1.807, 2.05) is 0 Å². The van der Waals surface area contributed by atoms with Gasteiger partial charge in [0.05, 0.1) is 21.7 Å². The molecule has 1 fully saturated rings. The van der Waals surface area contributed by atoms with Gasteiger partial charge in [0.15, 0.2) is 0 Å². The third kappa shape index (κ3) is 4.29. The molecule has 178 valence electrons. The normalized spacial score (nSPS) is 16.4. The number of fused-ring (bicyclic) bond motifs is 1. The molecular weight excluding hydrogens is 464 g/mol. The molecule has 0 spiro atoms. The summed E-state index contributed by atoms with van der Waals surface area (Å²) in [7, 11) is -3.86. The van der Waals surface area contributed by atoms with Gasteiger partial charge in [-0.3, -0.25) is 29.4 Å². The van der Waals surface area contributed by atoms with Crippen LogP contribution in [-0.4, -0.2) is 59.9 Å². The highest BCUT2D eigenvalue weighted by atomic mass is 32.2. The smallest absolute Gasteiger partial charge is 0.270 e. The first kappa shape index (κ1) is 23.5. The van der Waals surface area contributed by atoms with Crippen LogP contribution in [0.1, 0.15) is 45.5 Å². The summed E-state index contributed by atoms with van der Waals surface area (Å²) >= 11 is 0. The number of benzene rings is 2. The molecule has 2 aromatic carbocycles. The van der Waals surface area contributed by atoms with Crippen LogP contribution in [0.4, 0.5) is 11.4 Å². The number of nitro groups is 1. The summed E-state index contributed by atoms with van der Waals surface area (Å²) < 4.78 is 27.8. The van der Waals surface area contributed by atoms with Gasteiger partial charge in [0.25, 0.3) is 17.5 Å². The zero-order valence-corrected chi connectivity index (χ0v) is 19.1. The SMILES string of the molecule is Cc1ccc(NC(=O)CN2C(=O)c3ccc([N+](=O)[O-])cc3C2=O)c(S(=O)(=O)N2CCCCC2)c1. The molecule has 0 bridgehead atoms. The number of aryl methyl sites for hydroxylation is 1. The first-order valence-electron chi connectivity index (χ1n) is 10.6. The fourth-order valence-corrected chi connectivity index (χ4v) is 5.81. The maximum absolute atomic E-state index is 13.2. The zero-order valence-electron chi connectivity index (χ0n) is 18.3. The van der Waals surface area contributed by atoms with E-state index in [1.165, 1.54) is 22.5 Å². The molecular formula is C22H22N4O7S. The van der Waals surface area contributed by atoms with Crippen molar-refractivity contribution in [3.63, 3.8) is 0 Å². The number of amides is 3. The Hall–Kier alpha value is -3.64.